The van der Waals surface area contributed by atoms with Crippen molar-refractivity contribution in [2.75, 3.05) is 0 Å². The van der Waals surface area contributed by atoms with Crippen LogP contribution in [0.25, 0.3) is 0 Å². The summed E-state index contributed by atoms with van der Waals surface area (Å²) in [7, 11) is 0. The quantitative estimate of drug-likeness (QED) is 0.905. The molecule has 1 aromatic carbocycles. The number of benzene rings is 1. The molecule has 1 atom stereocenters. The summed E-state index contributed by atoms with van der Waals surface area (Å²) in [4.78, 5) is 4.16. The maximum Gasteiger partial charge on any atom is 0.140 e. The highest BCUT2D eigenvalue weighted by Gasteiger charge is 2.05. The summed E-state index contributed by atoms with van der Waals surface area (Å²) in [6.45, 7) is 4.22. The molecule has 0 radical (unpaired) electrons. The lowest BCUT2D eigenvalue weighted by Gasteiger charge is -2.11. The molecule has 0 aliphatic rings. The second-order valence-corrected chi connectivity index (χ2v) is 4.89. The minimum absolute atomic E-state index is 0.443. The maximum absolute atomic E-state index is 9.47. The highest BCUT2D eigenvalue weighted by atomic mass is 32.1. The largest absolute Gasteiger partial charge is 0.486 e. The van der Waals surface area contributed by atoms with Gasteiger partial charge >= 0.3 is 0 Å². The molecule has 4 heteroatoms. The zero-order chi connectivity index (χ0) is 12.3. The molecule has 0 saturated carbocycles. The van der Waals surface area contributed by atoms with Gasteiger partial charge in [-0.25, -0.2) is 4.98 Å². The fourth-order valence-electron chi connectivity index (χ4n) is 1.56. The van der Waals surface area contributed by atoms with Crippen molar-refractivity contribution >= 4 is 11.3 Å². The van der Waals surface area contributed by atoms with Gasteiger partial charge in [-0.1, -0.05) is 6.07 Å². The van der Waals surface area contributed by atoms with Gasteiger partial charge in [0.05, 0.1) is 6.10 Å². The molecule has 0 bridgehead atoms. The van der Waals surface area contributed by atoms with E-state index in [4.69, 9.17) is 4.74 Å². The van der Waals surface area contributed by atoms with Gasteiger partial charge in [-0.2, -0.15) is 0 Å². The van der Waals surface area contributed by atoms with Crippen LogP contribution in [0.15, 0.2) is 29.8 Å². The molecular formula is C13H15NO2S. The summed E-state index contributed by atoms with van der Waals surface area (Å²) < 4.78 is 5.68. The first-order chi connectivity index (χ1) is 8.16. The van der Waals surface area contributed by atoms with Crippen LogP contribution in [-0.4, -0.2) is 10.1 Å². The number of hydrogen-bond donors (Lipinski definition) is 1. The van der Waals surface area contributed by atoms with Crippen molar-refractivity contribution in [3.63, 3.8) is 0 Å². The van der Waals surface area contributed by atoms with Crippen LogP contribution < -0.4 is 4.74 Å². The Hall–Kier alpha value is -1.39. The normalized spacial score (nSPS) is 12.4. The van der Waals surface area contributed by atoms with Crippen molar-refractivity contribution in [1.82, 2.24) is 4.98 Å². The number of aliphatic hydroxyl groups is 1. The maximum atomic E-state index is 9.47. The van der Waals surface area contributed by atoms with Gasteiger partial charge in [0, 0.05) is 11.6 Å². The van der Waals surface area contributed by atoms with Crippen LogP contribution in [0.4, 0.5) is 0 Å². The number of hydrogen-bond acceptors (Lipinski definition) is 4. The van der Waals surface area contributed by atoms with Crippen molar-refractivity contribution in [1.29, 1.82) is 0 Å². The van der Waals surface area contributed by atoms with Gasteiger partial charge in [-0.15, -0.1) is 11.3 Å². The van der Waals surface area contributed by atoms with E-state index in [1.807, 2.05) is 30.5 Å². The lowest BCUT2D eigenvalue weighted by molar-refractivity contribution is 0.199. The van der Waals surface area contributed by atoms with Gasteiger partial charge in [0.25, 0.3) is 0 Å². The molecule has 17 heavy (non-hydrogen) atoms. The fourth-order valence-corrected chi connectivity index (χ4v) is 2.09. The number of ether oxygens (including phenoxy) is 1. The van der Waals surface area contributed by atoms with Crippen LogP contribution in [0.1, 0.15) is 29.2 Å². The van der Waals surface area contributed by atoms with Gasteiger partial charge in [-0.05, 0) is 37.1 Å². The molecule has 3 nitrogen and oxygen atoms in total. The molecule has 0 fully saturated rings. The zero-order valence-corrected chi connectivity index (χ0v) is 10.7. The van der Waals surface area contributed by atoms with Crippen molar-refractivity contribution in [3.8, 4) is 5.75 Å². The molecule has 2 rings (SSSR count). The smallest absolute Gasteiger partial charge is 0.140 e. The van der Waals surface area contributed by atoms with Crippen LogP contribution in [0, 0.1) is 6.92 Å². The summed E-state index contributed by atoms with van der Waals surface area (Å²) in [5, 5.41) is 12.4. The molecule has 1 heterocycles. The third kappa shape index (κ3) is 3.05. The average Bonchev–Trinajstić information content (AvgIpc) is 2.80. The fraction of sp³-hybridized carbons (Fsp3) is 0.308. The third-order valence-electron chi connectivity index (χ3n) is 2.52. The Morgan fingerprint density at radius 1 is 1.47 bits per heavy atom. The van der Waals surface area contributed by atoms with Crippen molar-refractivity contribution < 1.29 is 9.84 Å². The Morgan fingerprint density at radius 3 is 2.88 bits per heavy atom. The van der Waals surface area contributed by atoms with Gasteiger partial charge in [0.15, 0.2) is 0 Å². The number of nitrogens with zero attached hydrogens (tertiary/aromatic N) is 1. The molecule has 0 aliphatic carbocycles. The van der Waals surface area contributed by atoms with Gasteiger partial charge in [0.1, 0.15) is 17.4 Å². The molecule has 1 aromatic heterocycles. The Morgan fingerprint density at radius 2 is 2.29 bits per heavy atom. The lowest BCUT2D eigenvalue weighted by Crippen LogP contribution is -1.98. The number of aromatic nitrogens is 1. The second-order valence-electron chi connectivity index (χ2n) is 3.92. The SMILES string of the molecule is Cc1cc([C@H](C)O)ccc1OCc1nccs1. The minimum Gasteiger partial charge on any atom is -0.486 e. The number of thiazole rings is 1. The predicted molar refractivity (Wildman–Crippen MR) is 68.3 cm³/mol. The van der Waals surface area contributed by atoms with E-state index in [1.54, 1.807) is 24.5 Å². The van der Waals surface area contributed by atoms with E-state index in [1.165, 1.54) is 0 Å². The molecule has 1 N–H and O–H groups in total. The van der Waals surface area contributed by atoms with E-state index >= 15 is 0 Å². The summed E-state index contributed by atoms with van der Waals surface area (Å²) in [6.07, 6.45) is 1.33. The minimum atomic E-state index is -0.443. The van der Waals surface area contributed by atoms with Gasteiger partial charge < -0.3 is 9.84 Å². The highest BCUT2D eigenvalue weighted by Crippen LogP contribution is 2.23. The summed E-state index contributed by atoms with van der Waals surface area (Å²) >= 11 is 1.58. The molecular weight excluding hydrogens is 234 g/mol. The van der Waals surface area contributed by atoms with Crippen molar-refractivity contribution in [3.05, 3.63) is 45.9 Å². The Balaban J connectivity index is 2.06. The summed E-state index contributed by atoms with van der Waals surface area (Å²) in [5.41, 5.74) is 1.93. The zero-order valence-electron chi connectivity index (χ0n) is 9.88. The first kappa shape index (κ1) is 12.1. The van der Waals surface area contributed by atoms with E-state index in [9.17, 15) is 5.11 Å². The van der Waals surface area contributed by atoms with Crippen LogP contribution in [0.3, 0.4) is 0 Å². The molecule has 90 valence electrons. The van der Waals surface area contributed by atoms with E-state index in [0.717, 1.165) is 21.9 Å². The van der Waals surface area contributed by atoms with E-state index in [2.05, 4.69) is 4.98 Å². The molecule has 0 saturated heterocycles. The molecule has 0 unspecified atom stereocenters. The highest BCUT2D eigenvalue weighted by molar-refractivity contribution is 7.09. The topological polar surface area (TPSA) is 42.4 Å². The Labute approximate surface area is 105 Å². The van der Waals surface area contributed by atoms with E-state index in [-0.39, 0.29) is 0 Å². The molecule has 0 amide bonds. The number of aliphatic hydroxyl groups excluding tert-OH is 1. The van der Waals surface area contributed by atoms with Crippen LogP contribution >= 0.6 is 11.3 Å². The third-order valence-corrected chi connectivity index (χ3v) is 3.27. The number of aryl methyl sites for hydroxylation is 1. The van der Waals surface area contributed by atoms with Crippen LogP contribution in [0.5, 0.6) is 5.75 Å². The van der Waals surface area contributed by atoms with E-state index in [0.29, 0.717) is 6.61 Å². The lowest BCUT2D eigenvalue weighted by atomic mass is 10.1. The second kappa shape index (κ2) is 5.29. The number of rotatable bonds is 4. The molecule has 0 aliphatic heterocycles. The van der Waals surface area contributed by atoms with Crippen LogP contribution in [-0.2, 0) is 6.61 Å². The first-order valence-corrected chi connectivity index (χ1v) is 6.34. The van der Waals surface area contributed by atoms with Crippen LogP contribution in [0.2, 0.25) is 0 Å². The Kier molecular flexibility index (Phi) is 3.76. The first-order valence-electron chi connectivity index (χ1n) is 5.46. The van der Waals surface area contributed by atoms with Crippen molar-refractivity contribution in [2.24, 2.45) is 0 Å². The van der Waals surface area contributed by atoms with Gasteiger partial charge in [-0.3, -0.25) is 0 Å². The van der Waals surface area contributed by atoms with Crippen molar-refractivity contribution in [2.45, 2.75) is 26.6 Å². The summed E-state index contributed by atoms with van der Waals surface area (Å²) in [5.74, 6) is 0.838. The Bertz CT molecular complexity index is 480. The average molecular weight is 249 g/mol. The molecule has 2 aromatic rings. The predicted octanol–water partition coefficient (Wildman–Crippen LogP) is 3.08. The van der Waals surface area contributed by atoms with E-state index < -0.39 is 6.10 Å². The summed E-state index contributed by atoms with van der Waals surface area (Å²) in [6, 6.07) is 5.72. The standard InChI is InChI=1S/C13H15NO2S/c1-9-7-11(10(2)15)3-4-12(9)16-8-13-14-5-6-17-13/h3-7,10,15H,8H2,1-2H3/t10-/m0/s1. The van der Waals surface area contributed by atoms with Gasteiger partial charge in [0.2, 0.25) is 0 Å². The molecule has 0 spiro atoms. The monoisotopic (exact) mass is 249 g/mol.